The number of carbonyl (C=O) groups excluding carboxylic acids is 1. The molecule has 0 aliphatic carbocycles. The first-order chi connectivity index (χ1) is 12.8. The molecule has 1 aromatic carbocycles. The van der Waals surface area contributed by atoms with Crippen LogP contribution in [0.1, 0.15) is 35.8 Å². The molecule has 0 radical (unpaired) electrons. The molecule has 146 valence electrons. The van der Waals surface area contributed by atoms with Gasteiger partial charge in [0.25, 0.3) is 5.91 Å². The fourth-order valence-electron chi connectivity index (χ4n) is 3.20. The standard InChI is InChI=1S/C18H24N4O3S2/c1-13-5-4-8-22(10-13)11-16-12-26-18(19-16)20-17(23)14-6-3-7-15(9-14)21-27(2,24)25/h3,6-7,9,12-13,21H,4-5,8,10-11H2,1-2H3,(H,19,20,23). The van der Waals surface area contributed by atoms with E-state index in [1.165, 1.54) is 30.2 Å². The number of aromatic nitrogens is 1. The minimum Gasteiger partial charge on any atom is -0.298 e. The third-order valence-electron chi connectivity index (χ3n) is 4.33. The van der Waals surface area contributed by atoms with Crippen molar-refractivity contribution in [1.29, 1.82) is 0 Å². The average molecular weight is 409 g/mol. The SMILES string of the molecule is CC1CCCN(Cc2csc(NC(=O)c3cccc(NS(C)(=O)=O)c3)n2)C1. The van der Waals surface area contributed by atoms with Gasteiger partial charge in [0.1, 0.15) is 0 Å². The molecule has 0 bridgehead atoms. The van der Waals surface area contributed by atoms with Gasteiger partial charge < -0.3 is 0 Å². The zero-order valence-corrected chi connectivity index (χ0v) is 17.1. The van der Waals surface area contributed by atoms with Gasteiger partial charge in [0.05, 0.1) is 11.9 Å². The van der Waals surface area contributed by atoms with Crippen LogP contribution in [0.4, 0.5) is 10.8 Å². The summed E-state index contributed by atoms with van der Waals surface area (Å²) in [6.07, 6.45) is 3.56. The molecule has 2 heterocycles. The molecule has 1 saturated heterocycles. The summed E-state index contributed by atoms with van der Waals surface area (Å²) in [6, 6.07) is 6.36. The Kier molecular flexibility index (Phi) is 6.13. The van der Waals surface area contributed by atoms with Gasteiger partial charge in [-0.1, -0.05) is 13.0 Å². The van der Waals surface area contributed by atoms with Gasteiger partial charge in [-0.25, -0.2) is 13.4 Å². The summed E-state index contributed by atoms with van der Waals surface area (Å²) < 4.78 is 25.0. The molecule has 1 amide bonds. The lowest BCUT2D eigenvalue weighted by Gasteiger charge is -2.30. The van der Waals surface area contributed by atoms with Gasteiger partial charge in [-0.3, -0.25) is 19.7 Å². The van der Waals surface area contributed by atoms with Gasteiger partial charge in [0.2, 0.25) is 10.0 Å². The molecule has 2 N–H and O–H groups in total. The van der Waals surface area contributed by atoms with Crippen LogP contribution in [0, 0.1) is 5.92 Å². The highest BCUT2D eigenvalue weighted by atomic mass is 32.2. The third kappa shape index (κ3) is 6.02. The maximum absolute atomic E-state index is 12.4. The number of amides is 1. The van der Waals surface area contributed by atoms with Crippen molar-refractivity contribution < 1.29 is 13.2 Å². The Morgan fingerprint density at radius 2 is 2.22 bits per heavy atom. The molecule has 1 aliphatic rings. The zero-order chi connectivity index (χ0) is 19.4. The summed E-state index contributed by atoms with van der Waals surface area (Å²) in [4.78, 5) is 19.4. The summed E-state index contributed by atoms with van der Waals surface area (Å²) in [7, 11) is -3.39. The molecule has 1 aliphatic heterocycles. The second-order valence-corrected chi connectivity index (χ2v) is 9.64. The van der Waals surface area contributed by atoms with E-state index in [0.29, 0.717) is 22.3 Å². The lowest BCUT2D eigenvalue weighted by Crippen LogP contribution is -2.33. The Hall–Kier alpha value is -1.97. The van der Waals surface area contributed by atoms with Gasteiger partial charge in [0, 0.05) is 29.7 Å². The quantitative estimate of drug-likeness (QED) is 0.767. The van der Waals surface area contributed by atoms with E-state index in [9.17, 15) is 13.2 Å². The second-order valence-electron chi connectivity index (χ2n) is 7.04. The molecule has 1 atom stereocenters. The minimum atomic E-state index is -3.39. The van der Waals surface area contributed by atoms with Gasteiger partial charge in [0.15, 0.2) is 5.13 Å². The largest absolute Gasteiger partial charge is 0.298 e. The predicted molar refractivity (Wildman–Crippen MR) is 109 cm³/mol. The second kappa shape index (κ2) is 8.37. The van der Waals surface area contributed by atoms with Crippen LogP contribution in [0.25, 0.3) is 0 Å². The van der Waals surface area contributed by atoms with Crippen LogP contribution in [0.2, 0.25) is 0 Å². The summed E-state index contributed by atoms with van der Waals surface area (Å²) >= 11 is 1.39. The van der Waals surface area contributed by atoms with Crippen molar-refractivity contribution in [2.75, 3.05) is 29.4 Å². The highest BCUT2D eigenvalue weighted by Gasteiger charge is 2.18. The molecule has 27 heavy (non-hydrogen) atoms. The zero-order valence-electron chi connectivity index (χ0n) is 15.4. The van der Waals surface area contributed by atoms with E-state index in [-0.39, 0.29) is 5.91 Å². The molecular formula is C18H24N4O3S2. The molecule has 0 saturated carbocycles. The van der Waals surface area contributed by atoms with E-state index in [1.807, 2.05) is 5.38 Å². The maximum Gasteiger partial charge on any atom is 0.257 e. The summed E-state index contributed by atoms with van der Waals surface area (Å²) in [5.74, 6) is 0.393. The van der Waals surface area contributed by atoms with Crippen molar-refractivity contribution in [3.63, 3.8) is 0 Å². The molecule has 1 fully saturated rings. The molecule has 2 aromatic rings. The first-order valence-electron chi connectivity index (χ1n) is 8.84. The van der Waals surface area contributed by atoms with Crippen LogP contribution < -0.4 is 10.0 Å². The molecule has 9 heteroatoms. The van der Waals surface area contributed by atoms with Gasteiger partial charge in [-0.05, 0) is 43.5 Å². The lowest BCUT2D eigenvalue weighted by atomic mass is 10.0. The Labute approximate surface area is 163 Å². The van der Waals surface area contributed by atoms with Crippen molar-refractivity contribution in [2.24, 2.45) is 5.92 Å². The van der Waals surface area contributed by atoms with Crippen molar-refractivity contribution in [1.82, 2.24) is 9.88 Å². The summed E-state index contributed by atoms with van der Waals surface area (Å²) in [6.45, 7) is 5.24. The fraction of sp³-hybridized carbons (Fsp3) is 0.444. The predicted octanol–water partition coefficient (Wildman–Crippen LogP) is 3.00. The van der Waals surface area contributed by atoms with Crippen LogP contribution in [0.3, 0.4) is 0 Å². The van der Waals surface area contributed by atoms with Crippen molar-refractivity contribution in [2.45, 2.75) is 26.3 Å². The number of thiazole rings is 1. The number of nitrogens with one attached hydrogen (secondary N) is 2. The number of sulfonamides is 1. The Balaban J connectivity index is 1.61. The lowest BCUT2D eigenvalue weighted by molar-refractivity contribution is 0.102. The Bertz CT molecular complexity index is 911. The average Bonchev–Trinajstić information content (AvgIpc) is 3.00. The van der Waals surface area contributed by atoms with E-state index in [1.54, 1.807) is 18.2 Å². The van der Waals surface area contributed by atoms with Crippen LogP contribution in [0.5, 0.6) is 0 Å². The van der Waals surface area contributed by atoms with Crippen LogP contribution in [-0.4, -0.2) is 43.6 Å². The monoisotopic (exact) mass is 408 g/mol. The van der Waals surface area contributed by atoms with E-state index in [2.05, 4.69) is 26.8 Å². The number of likely N-dealkylation sites (tertiary alicyclic amines) is 1. The van der Waals surface area contributed by atoms with Gasteiger partial charge in [-0.15, -0.1) is 11.3 Å². The highest BCUT2D eigenvalue weighted by molar-refractivity contribution is 7.92. The third-order valence-corrected chi connectivity index (χ3v) is 5.74. The Morgan fingerprint density at radius 3 is 2.96 bits per heavy atom. The van der Waals surface area contributed by atoms with E-state index in [0.717, 1.165) is 31.6 Å². The molecule has 3 rings (SSSR count). The summed E-state index contributed by atoms with van der Waals surface area (Å²) in [5, 5.41) is 5.30. The fourth-order valence-corrected chi connectivity index (χ4v) is 4.46. The van der Waals surface area contributed by atoms with Crippen molar-refractivity contribution >= 4 is 38.1 Å². The highest BCUT2D eigenvalue weighted by Crippen LogP contribution is 2.22. The first kappa shape index (κ1) is 19.8. The van der Waals surface area contributed by atoms with Gasteiger partial charge in [-0.2, -0.15) is 0 Å². The van der Waals surface area contributed by atoms with E-state index >= 15 is 0 Å². The van der Waals surface area contributed by atoms with E-state index in [4.69, 9.17) is 0 Å². The number of anilines is 2. The topological polar surface area (TPSA) is 91.4 Å². The van der Waals surface area contributed by atoms with Crippen molar-refractivity contribution in [3.05, 3.63) is 40.9 Å². The maximum atomic E-state index is 12.4. The number of benzene rings is 1. The Morgan fingerprint density at radius 1 is 1.41 bits per heavy atom. The van der Waals surface area contributed by atoms with Crippen LogP contribution in [0.15, 0.2) is 29.6 Å². The molecule has 1 unspecified atom stereocenters. The number of carbonyl (C=O) groups is 1. The number of nitrogens with zero attached hydrogens (tertiary/aromatic N) is 2. The molecule has 0 spiro atoms. The summed E-state index contributed by atoms with van der Waals surface area (Å²) in [5.41, 5.74) is 1.67. The van der Waals surface area contributed by atoms with Crippen LogP contribution >= 0.6 is 11.3 Å². The number of hydrogen-bond donors (Lipinski definition) is 2. The molecule has 7 nitrogen and oxygen atoms in total. The van der Waals surface area contributed by atoms with Gasteiger partial charge >= 0.3 is 0 Å². The van der Waals surface area contributed by atoms with E-state index < -0.39 is 10.0 Å². The van der Waals surface area contributed by atoms with Crippen molar-refractivity contribution in [3.8, 4) is 0 Å². The van der Waals surface area contributed by atoms with Crippen LogP contribution in [-0.2, 0) is 16.6 Å². The number of hydrogen-bond acceptors (Lipinski definition) is 6. The minimum absolute atomic E-state index is 0.320. The molecular weight excluding hydrogens is 384 g/mol. The first-order valence-corrected chi connectivity index (χ1v) is 11.6. The number of rotatable bonds is 6. The molecule has 1 aromatic heterocycles. The smallest absolute Gasteiger partial charge is 0.257 e. The number of piperidine rings is 1. The normalized spacial score (nSPS) is 18.2.